The number of hydrogen-bond donors (Lipinski definition) is 1. The Bertz CT molecular complexity index is 1330. The predicted molar refractivity (Wildman–Crippen MR) is 142 cm³/mol. The highest BCUT2D eigenvalue weighted by atomic mass is 32.2. The second kappa shape index (κ2) is 11.6. The lowest BCUT2D eigenvalue weighted by molar-refractivity contribution is -0.137. The maximum Gasteiger partial charge on any atom is 0.416 e. The van der Waals surface area contributed by atoms with Crippen molar-refractivity contribution in [2.24, 2.45) is 0 Å². The van der Waals surface area contributed by atoms with E-state index in [1.807, 2.05) is 24.3 Å². The van der Waals surface area contributed by atoms with Gasteiger partial charge in [-0.25, -0.2) is 8.42 Å². The molecule has 1 N–H and O–H groups in total. The molecular weight excluding hydrogens is 515 g/mol. The number of piperazine rings is 1. The van der Waals surface area contributed by atoms with E-state index in [0.29, 0.717) is 12.2 Å². The smallest absolute Gasteiger partial charge is 0.369 e. The minimum atomic E-state index is -4.32. The van der Waals surface area contributed by atoms with E-state index in [9.17, 15) is 26.4 Å². The number of rotatable bonds is 8. The normalized spacial score (nSPS) is 14.9. The molecular formula is C28H30F3N3O3S. The van der Waals surface area contributed by atoms with Crippen molar-refractivity contribution in [1.82, 2.24) is 4.90 Å². The molecule has 3 aromatic rings. The number of alkyl halides is 3. The van der Waals surface area contributed by atoms with Gasteiger partial charge in [-0.15, -0.1) is 0 Å². The standard InChI is InChI=1S/C28H30F3N3O3S/c1-2-38(36,37)26-13-5-21(6-14-26)19-27(35)32-24-9-11-25(12-10-24)34-17-15-33(16-18-34)20-22-3-7-23(8-4-22)28(29,30)31/h3-14H,2,15-20H2,1H3,(H,32,35). The Balaban J connectivity index is 1.25. The molecule has 10 heteroatoms. The molecule has 202 valence electrons. The topological polar surface area (TPSA) is 69.7 Å². The molecule has 0 spiro atoms. The van der Waals surface area contributed by atoms with Gasteiger partial charge in [0.05, 0.1) is 22.6 Å². The molecule has 4 rings (SSSR count). The number of anilines is 2. The van der Waals surface area contributed by atoms with Crippen molar-refractivity contribution in [2.45, 2.75) is 31.0 Å². The average Bonchev–Trinajstić information content (AvgIpc) is 2.90. The van der Waals surface area contributed by atoms with Gasteiger partial charge in [0.2, 0.25) is 5.91 Å². The lowest BCUT2D eigenvalue weighted by atomic mass is 10.1. The molecule has 1 amide bonds. The highest BCUT2D eigenvalue weighted by molar-refractivity contribution is 7.91. The number of carbonyl (C=O) groups excluding carboxylic acids is 1. The van der Waals surface area contributed by atoms with Gasteiger partial charge in [-0.3, -0.25) is 9.69 Å². The molecule has 3 aromatic carbocycles. The Morgan fingerprint density at radius 2 is 1.42 bits per heavy atom. The minimum absolute atomic E-state index is 0.0290. The zero-order valence-electron chi connectivity index (χ0n) is 21.0. The van der Waals surface area contributed by atoms with Crippen molar-refractivity contribution in [3.63, 3.8) is 0 Å². The fraction of sp³-hybridized carbons (Fsp3) is 0.321. The molecule has 1 aliphatic heterocycles. The Labute approximate surface area is 221 Å². The summed E-state index contributed by atoms with van der Waals surface area (Å²) in [6.45, 7) is 5.35. The molecule has 0 unspecified atom stereocenters. The number of sulfone groups is 1. The van der Waals surface area contributed by atoms with Crippen LogP contribution >= 0.6 is 0 Å². The van der Waals surface area contributed by atoms with Crippen molar-refractivity contribution in [3.8, 4) is 0 Å². The number of halogens is 3. The third-order valence-corrected chi connectivity index (χ3v) is 8.35. The fourth-order valence-electron chi connectivity index (χ4n) is 4.35. The summed E-state index contributed by atoms with van der Waals surface area (Å²) >= 11 is 0. The van der Waals surface area contributed by atoms with Crippen LogP contribution in [0.1, 0.15) is 23.6 Å². The van der Waals surface area contributed by atoms with E-state index in [2.05, 4.69) is 15.1 Å². The zero-order chi connectivity index (χ0) is 27.3. The van der Waals surface area contributed by atoms with Crippen molar-refractivity contribution in [2.75, 3.05) is 42.1 Å². The van der Waals surface area contributed by atoms with Crippen LogP contribution in [0.5, 0.6) is 0 Å². The minimum Gasteiger partial charge on any atom is -0.369 e. The number of carbonyl (C=O) groups is 1. The van der Waals surface area contributed by atoms with E-state index in [1.165, 1.54) is 24.3 Å². The summed E-state index contributed by atoms with van der Waals surface area (Å²) in [4.78, 5) is 17.2. The first-order valence-corrected chi connectivity index (χ1v) is 14.0. The van der Waals surface area contributed by atoms with Gasteiger partial charge in [-0.2, -0.15) is 13.2 Å². The van der Waals surface area contributed by atoms with Crippen LogP contribution in [0.2, 0.25) is 0 Å². The molecule has 0 saturated carbocycles. The second-order valence-corrected chi connectivity index (χ2v) is 11.6. The fourth-order valence-corrected chi connectivity index (χ4v) is 5.23. The van der Waals surface area contributed by atoms with Crippen LogP contribution in [0.15, 0.2) is 77.7 Å². The van der Waals surface area contributed by atoms with Gasteiger partial charge in [0.25, 0.3) is 0 Å². The molecule has 0 aromatic heterocycles. The van der Waals surface area contributed by atoms with Gasteiger partial charge in [0.15, 0.2) is 9.84 Å². The third-order valence-electron chi connectivity index (χ3n) is 6.60. The first-order valence-electron chi connectivity index (χ1n) is 12.4. The summed E-state index contributed by atoms with van der Waals surface area (Å²) in [7, 11) is -3.27. The molecule has 38 heavy (non-hydrogen) atoms. The lowest BCUT2D eigenvalue weighted by Crippen LogP contribution is -2.45. The molecule has 1 aliphatic rings. The van der Waals surface area contributed by atoms with Gasteiger partial charge in [-0.1, -0.05) is 31.2 Å². The van der Waals surface area contributed by atoms with E-state index in [1.54, 1.807) is 19.1 Å². The van der Waals surface area contributed by atoms with Crippen molar-refractivity contribution in [3.05, 3.63) is 89.5 Å². The molecule has 1 saturated heterocycles. The van der Waals surface area contributed by atoms with Crippen LogP contribution in [-0.2, 0) is 33.8 Å². The molecule has 1 heterocycles. The number of hydrogen-bond acceptors (Lipinski definition) is 5. The van der Waals surface area contributed by atoms with Crippen molar-refractivity contribution in [1.29, 1.82) is 0 Å². The highest BCUT2D eigenvalue weighted by Crippen LogP contribution is 2.29. The van der Waals surface area contributed by atoms with Crippen LogP contribution < -0.4 is 10.2 Å². The van der Waals surface area contributed by atoms with E-state index in [0.717, 1.165) is 55.1 Å². The number of nitrogens with one attached hydrogen (secondary N) is 1. The summed E-state index contributed by atoms with van der Waals surface area (Å²) in [5.41, 5.74) is 2.65. The first-order chi connectivity index (χ1) is 18.0. The summed E-state index contributed by atoms with van der Waals surface area (Å²) in [6.07, 6.45) is -4.19. The van der Waals surface area contributed by atoms with Gasteiger partial charge in [0, 0.05) is 44.1 Å². The van der Waals surface area contributed by atoms with Gasteiger partial charge in [-0.05, 0) is 59.7 Å². The van der Waals surface area contributed by atoms with E-state index in [4.69, 9.17) is 0 Å². The predicted octanol–water partition coefficient (Wildman–Crippen LogP) is 5.00. The van der Waals surface area contributed by atoms with Crippen LogP contribution in [0.25, 0.3) is 0 Å². The van der Waals surface area contributed by atoms with Gasteiger partial charge < -0.3 is 10.2 Å². The average molecular weight is 546 g/mol. The van der Waals surface area contributed by atoms with Crippen LogP contribution in [0, 0.1) is 0 Å². The van der Waals surface area contributed by atoms with E-state index in [-0.39, 0.29) is 23.0 Å². The van der Waals surface area contributed by atoms with E-state index >= 15 is 0 Å². The third kappa shape index (κ3) is 7.14. The molecule has 0 atom stereocenters. The molecule has 0 aliphatic carbocycles. The highest BCUT2D eigenvalue weighted by Gasteiger charge is 2.30. The molecule has 0 bridgehead atoms. The summed E-state index contributed by atoms with van der Waals surface area (Å²) in [5, 5.41) is 2.87. The Hall–Kier alpha value is -3.37. The second-order valence-electron chi connectivity index (χ2n) is 9.28. The van der Waals surface area contributed by atoms with Crippen molar-refractivity contribution >= 4 is 27.1 Å². The lowest BCUT2D eigenvalue weighted by Gasteiger charge is -2.36. The molecule has 0 radical (unpaired) electrons. The van der Waals surface area contributed by atoms with Gasteiger partial charge in [0.1, 0.15) is 0 Å². The maximum absolute atomic E-state index is 12.8. The Morgan fingerprint density at radius 1 is 0.842 bits per heavy atom. The number of nitrogens with zero attached hydrogens (tertiary/aromatic N) is 2. The summed E-state index contributed by atoms with van der Waals surface area (Å²) < 4.78 is 62.1. The largest absolute Gasteiger partial charge is 0.416 e. The Kier molecular flexibility index (Phi) is 8.42. The van der Waals surface area contributed by atoms with E-state index < -0.39 is 21.6 Å². The van der Waals surface area contributed by atoms with Crippen LogP contribution in [0.3, 0.4) is 0 Å². The maximum atomic E-state index is 12.8. The van der Waals surface area contributed by atoms with Crippen LogP contribution in [-0.4, -0.2) is 51.2 Å². The SMILES string of the molecule is CCS(=O)(=O)c1ccc(CC(=O)Nc2ccc(N3CCN(Cc4ccc(C(F)(F)F)cc4)CC3)cc2)cc1. The van der Waals surface area contributed by atoms with Crippen LogP contribution in [0.4, 0.5) is 24.5 Å². The zero-order valence-corrected chi connectivity index (χ0v) is 21.9. The summed E-state index contributed by atoms with van der Waals surface area (Å²) in [5.74, 6) is -0.165. The number of amides is 1. The molecule has 6 nitrogen and oxygen atoms in total. The van der Waals surface area contributed by atoms with Gasteiger partial charge >= 0.3 is 6.18 Å². The Morgan fingerprint density at radius 3 is 1.97 bits per heavy atom. The first kappa shape index (κ1) is 27.7. The number of benzene rings is 3. The monoisotopic (exact) mass is 545 g/mol. The van der Waals surface area contributed by atoms with Crippen molar-refractivity contribution < 1.29 is 26.4 Å². The quantitative estimate of drug-likeness (QED) is 0.431. The summed E-state index contributed by atoms with van der Waals surface area (Å²) in [6, 6.07) is 19.3. The molecule has 1 fully saturated rings.